The lowest BCUT2D eigenvalue weighted by Crippen LogP contribution is -2.28. The van der Waals surface area contributed by atoms with Gasteiger partial charge in [-0.1, -0.05) is 12.1 Å². The molecule has 0 aliphatic carbocycles. The normalized spacial score (nSPS) is 19.5. The maximum absolute atomic E-state index is 11.6. The lowest BCUT2D eigenvalue weighted by Gasteiger charge is -2.14. The van der Waals surface area contributed by atoms with Crippen LogP contribution in [0.4, 0.5) is 0 Å². The molecule has 0 atom stereocenters. The third-order valence-corrected chi connectivity index (χ3v) is 3.03. The highest BCUT2D eigenvalue weighted by molar-refractivity contribution is 5.89. The fraction of sp³-hybridized carbons (Fsp3) is 0.357. The summed E-state index contributed by atoms with van der Waals surface area (Å²) < 4.78 is 5.45. The molecule has 1 amide bonds. The van der Waals surface area contributed by atoms with Gasteiger partial charge in [-0.25, -0.2) is 0 Å². The molecule has 0 unspecified atom stereocenters. The molecule has 1 aromatic carbocycles. The van der Waals surface area contributed by atoms with Gasteiger partial charge in [-0.05, 0) is 44.5 Å². The van der Waals surface area contributed by atoms with Gasteiger partial charge in [0.15, 0.2) is 0 Å². The number of hydrogen-bond donors (Lipinski definition) is 2. The number of carbonyl (C=O) groups excluding carboxylic acids is 1. The Morgan fingerprint density at radius 1 is 1.33 bits per heavy atom. The Bertz CT molecular complexity index is 492. The maximum atomic E-state index is 11.6. The van der Waals surface area contributed by atoms with E-state index in [1.54, 1.807) is 0 Å². The van der Waals surface area contributed by atoms with Crippen molar-refractivity contribution in [2.24, 2.45) is 5.41 Å². The van der Waals surface area contributed by atoms with Crippen LogP contribution in [0.25, 0.3) is 6.08 Å². The molecule has 0 bridgehead atoms. The molecule has 18 heavy (non-hydrogen) atoms. The van der Waals surface area contributed by atoms with Crippen molar-refractivity contribution in [1.29, 1.82) is 0 Å². The second-order valence-electron chi connectivity index (χ2n) is 4.77. The van der Waals surface area contributed by atoms with Gasteiger partial charge < -0.3 is 10.2 Å². The Labute approximate surface area is 107 Å². The Morgan fingerprint density at radius 2 is 2.11 bits per heavy atom. The molecule has 1 heterocycles. The van der Waals surface area contributed by atoms with E-state index in [2.05, 4.69) is 10.9 Å². The zero-order valence-electron chi connectivity index (χ0n) is 10.9. The molecule has 0 aromatic heterocycles. The molecule has 0 saturated carbocycles. The number of amides is 1. The third-order valence-electron chi connectivity index (χ3n) is 3.03. The van der Waals surface area contributed by atoms with E-state index in [0.29, 0.717) is 6.61 Å². The standard InChI is InChI=1S/C14H18N2O2/c1-4-18-11-7-5-6-10(8-11)9-12-14(2,3)13(17)16-15-12/h5-9,15H,4H2,1-3H3,(H,16,17)/b12-9-. The summed E-state index contributed by atoms with van der Waals surface area (Å²) in [5, 5.41) is 0. The van der Waals surface area contributed by atoms with E-state index in [1.165, 1.54) is 0 Å². The van der Waals surface area contributed by atoms with Crippen molar-refractivity contribution < 1.29 is 9.53 Å². The largest absolute Gasteiger partial charge is 0.494 e. The lowest BCUT2D eigenvalue weighted by molar-refractivity contribution is -0.125. The van der Waals surface area contributed by atoms with Gasteiger partial charge in [0, 0.05) is 5.70 Å². The Kier molecular flexibility index (Phi) is 3.28. The van der Waals surface area contributed by atoms with Crippen molar-refractivity contribution in [3.05, 3.63) is 35.5 Å². The van der Waals surface area contributed by atoms with Crippen molar-refractivity contribution in [2.75, 3.05) is 6.61 Å². The van der Waals surface area contributed by atoms with Gasteiger partial charge in [0.1, 0.15) is 5.75 Å². The van der Waals surface area contributed by atoms with Crippen LogP contribution in [0.15, 0.2) is 30.0 Å². The second kappa shape index (κ2) is 4.72. The van der Waals surface area contributed by atoms with Crippen molar-refractivity contribution in [3.63, 3.8) is 0 Å². The van der Waals surface area contributed by atoms with Gasteiger partial charge in [-0.3, -0.25) is 10.2 Å². The van der Waals surface area contributed by atoms with Crippen LogP contribution < -0.4 is 15.6 Å². The van der Waals surface area contributed by atoms with E-state index in [9.17, 15) is 4.79 Å². The van der Waals surface area contributed by atoms with Crippen LogP contribution >= 0.6 is 0 Å². The fourth-order valence-corrected chi connectivity index (χ4v) is 1.80. The molecule has 0 spiro atoms. The van der Waals surface area contributed by atoms with E-state index in [4.69, 9.17) is 4.74 Å². The van der Waals surface area contributed by atoms with Crippen molar-refractivity contribution in [2.45, 2.75) is 20.8 Å². The van der Waals surface area contributed by atoms with Crippen molar-refractivity contribution in [3.8, 4) is 5.75 Å². The zero-order chi connectivity index (χ0) is 13.2. The first kappa shape index (κ1) is 12.5. The van der Waals surface area contributed by atoms with Crippen LogP contribution in [0.5, 0.6) is 5.75 Å². The quantitative estimate of drug-likeness (QED) is 0.858. The topological polar surface area (TPSA) is 50.4 Å². The molecule has 4 heteroatoms. The van der Waals surface area contributed by atoms with Crippen LogP contribution in [-0.2, 0) is 4.79 Å². The highest BCUT2D eigenvalue weighted by Gasteiger charge is 2.37. The summed E-state index contributed by atoms with van der Waals surface area (Å²) in [5.41, 5.74) is 6.89. The number of hydrazine groups is 1. The fourth-order valence-electron chi connectivity index (χ4n) is 1.80. The minimum absolute atomic E-state index is 0.0188. The molecule has 0 radical (unpaired) electrons. The summed E-state index contributed by atoms with van der Waals surface area (Å²) in [4.78, 5) is 11.6. The molecule has 4 nitrogen and oxygen atoms in total. The summed E-state index contributed by atoms with van der Waals surface area (Å²) in [6, 6.07) is 7.80. The second-order valence-corrected chi connectivity index (χ2v) is 4.77. The number of carbonyl (C=O) groups is 1. The average molecular weight is 246 g/mol. The van der Waals surface area contributed by atoms with Crippen LogP contribution in [0.3, 0.4) is 0 Å². The molecule has 2 N–H and O–H groups in total. The van der Waals surface area contributed by atoms with Gasteiger partial charge in [0.2, 0.25) is 5.91 Å². The number of nitrogens with one attached hydrogen (secondary N) is 2. The van der Waals surface area contributed by atoms with Gasteiger partial charge in [0.25, 0.3) is 0 Å². The van der Waals surface area contributed by atoms with Crippen LogP contribution in [0.1, 0.15) is 26.3 Å². The predicted molar refractivity (Wildman–Crippen MR) is 70.6 cm³/mol. The molecule has 1 saturated heterocycles. The molecular formula is C14H18N2O2. The van der Waals surface area contributed by atoms with Gasteiger partial charge in [0.05, 0.1) is 12.0 Å². The van der Waals surface area contributed by atoms with E-state index in [-0.39, 0.29) is 5.91 Å². The van der Waals surface area contributed by atoms with Gasteiger partial charge >= 0.3 is 0 Å². The van der Waals surface area contributed by atoms with E-state index in [0.717, 1.165) is 17.0 Å². The van der Waals surface area contributed by atoms with Gasteiger partial charge in [-0.15, -0.1) is 0 Å². The summed E-state index contributed by atoms with van der Waals surface area (Å²) in [7, 11) is 0. The SMILES string of the molecule is CCOc1cccc(/C=C2\NNC(=O)C2(C)C)c1. The van der Waals surface area contributed by atoms with Crippen LogP contribution in [-0.4, -0.2) is 12.5 Å². The smallest absolute Gasteiger partial charge is 0.249 e. The highest BCUT2D eigenvalue weighted by Crippen LogP contribution is 2.29. The van der Waals surface area contributed by atoms with E-state index in [1.807, 2.05) is 51.1 Å². The monoisotopic (exact) mass is 246 g/mol. The molecule has 1 aliphatic rings. The summed E-state index contributed by atoms with van der Waals surface area (Å²) in [6.07, 6.45) is 1.96. The molecular weight excluding hydrogens is 228 g/mol. The molecule has 1 fully saturated rings. The number of hydrogen-bond acceptors (Lipinski definition) is 3. The summed E-state index contributed by atoms with van der Waals surface area (Å²) >= 11 is 0. The van der Waals surface area contributed by atoms with E-state index >= 15 is 0 Å². The Hall–Kier alpha value is -1.97. The lowest BCUT2D eigenvalue weighted by atomic mass is 9.89. The van der Waals surface area contributed by atoms with Gasteiger partial charge in [-0.2, -0.15) is 0 Å². The first-order valence-electron chi connectivity index (χ1n) is 6.05. The minimum Gasteiger partial charge on any atom is -0.494 e. The minimum atomic E-state index is -0.526. The summed E-state index contributed by atoms with van der Waals surface area (Å²) in [6.45, 7) is 6.38. The number of ether oxygens (including phenoxy) is 1. The first-order valence-corrected chi connectivity index (χ1v) is 6.05. The number of benzene rings is 1. The van der Waals surface area contributed by atoms with Crippen molar-refractivity contribution >= 4 is 12.0 Å². The third kappa shape index (κ3) is 2.32. The number of rotatable bonds is 3. The zero-order valence-corrected chi connectivity index (χ0v) is 10.9. The van der Waals surface area contributed by atoms with Crippen LogP contribution in [0, 0.1) is 5.41 Å². The highest BCUT2D eigenvalue weighted by atomic mass is 16.5. The molecule has 2 rings (SSSR count). The Morgan fingerprint density at radius 3 is 2.72 bits per heavy atom. The molecule has 96 valence electrons. The molecule has 1 aromatic rings. The average Bonchev–Trinajstić information content (AvgIpc) is 2.57. The van der Waals surface area contributed by atoms with Crippen molar-refractivity contribution in [1.82, 2.24) is 10.9 Å². The maximum Gasteiger partial charge on any atom is 0.249 e. The summed E-state index contributed by atoms with van der Waals surface area (Å²) in [5.74, 6) is 0.816. The first-order chi connectivity index (χ1) is 8.54. The Balaban J connectivity index is 2.28. The molecule has 1 aliphatic heterocycles. The predicted octanol–water partition coefficient (Wildman–Crippen LogP) is 2.09. The van der Waals surface area contributed by atoms with Crippen LogP contribution in [0.2, 0.25) is 0 Å². The van der Waals surface area contributed by atoms with E-state index < -0.39 is 5.41 Å².